The van der Waals surface area contributed by atoms with Gasteiger partial charge in [0.05, 0.1) is 11.0 Å². The fourth-order valence-corrected chi connectivity index (χ4v) is 1.60. The standard InChI is InChI=1S/C13H18BrFN2O/c1-9(2)6-17-13(18)8-16-7-10-3-4-11(14)12(15)5-10/h3-5,9,16H,6-8H2,1-2H3,(H,17,18). The molecular formula is C13H18BrFN2O. The Balaban J connectivity index is 2.28. The van der Waals surface area contributed by atoms with Crippen LogP contribution < -0.4 is 10.6 Å². The first-order chi connectivity index (χ1) is 8.49. The molecule has 0 aliphatic heterocycles. The molecule has 0 bridgehead atoms. The van der Waals surface area contributed by atoms with Crippen molar-refractivity contribution in [3.8, 4) is 0 Å². The second-order valence-electron chi connectivity index (χ2n) is 4.55. The van der Waals surface area contributed by atoms with Crippen LogP contribution in [0.1, 0.15) is 19.4 Å². The van der Waals surface area contributed by atoms with Crippen LogP contribution in [0.5, 0.6) is 0 Å². The van der Waals surface area contributed by atoms with Gasteiger partial charge in [-0.15, -0.1) is 0 Å². The summed E-state index contributed by atoms with van der Waals surface area (Å²) in [4.78, 5) is 11.4. The number of amides is 1. The van der Waals surface area contributed by atoms with Gasteiger partial charge in [-0.2, -0.15) is 0 Å². The van der Waals surface area contributed by atoms with Crippen molar-refractivity contribution in [1.29, 1.82) is 0 Å². The average Bonchev–Trinajstić information content (AvgIpc) is 2.31. The lowest BCUT2D eigenvalue weighted by atomic mass is 10.2. The molecule has 0 saturated heterocycles. The summed E-state index contributed by atoms with van der Waals surface area (Å²) in [5.41, 5.74) is 0.812. The van der Waals surface area contributed by atoms with Crippen LogP contribution in [0.15, 0.2) is 22.7 Å². The smallest absolute Gasteiger partial charge is 0.233 e. The highest BCUT2D eigenvalue weighted by Crippen LogP contribution is 2.16. The van der Waals surface area contributed by atoms with Crippen molar-refractivity contribution < 1.29 is 9.18 Å². The van der Waals surface area contributed by atoms with Crippen LogP contribution in [-0.4, -0.2) is 19.0 Å². The van der Waals surface area contributed by atoms with Crippen molar-refractivity contribution >= 4 is 21.8 Å². The SMILES string of the molecule is CC(C)CNC(=O)CNCc1ccc(Br)c(F)c1. The van der Waals surface area contributed by atoms with Crippen LogP contribution in [0.2, 0.25) is 0 Å². The highest BCUT2D eigenvalue weighted by molar-refractivity contribution is 9.10. The van der Waals surface area contributed by atoms with E-state index in [-0.39, 0.29) is 18.3 Å². The lowest BCUT2D eigenvalue weighted by Crippen LogP contribution is -2.35. The molecule has 2 N–H and O–H groups in total. The number of nitrogens with one attached hydrogen (secondary N) is 2. The van der Waals surface area contributed by atoms with Crippen LogP contribution in [0.25, 0.3) is 0 Å². The molecule has 0 aliphatic rings. The van der Waals surface area contributed by atoms with Crippen molar-refractivity contribution in [1.82, 2.24) is 10.6 Å². The predicted molar refractivity (Wildman–Crippen MR) is 73.7 cm³/mol. The summed E-state index contributed by atoms with van der Waals surface area (Å²) in [6.45, 7) is 5.47. The molecule has 0 aliphatic carbocycles. The van der Waals surface area contributed by atoms with Gasteiger partial charge < -0.3 is 10.6 Å². The zero-order valence-electron chi connectivity index (χ0n) is 10.6. The van der Waals surface area contributed by atoms with Crippen molar-refractivity contribution in [3.05, 3.63) is 34.1 Å². The van der Waals surface area contributed by atoms with Gasteiger partial charge in [-0.05, 0) is 39.5 Å². The third-order valence-corrected chi connectivity index (χ3v) is 2.95. The number of carbonyl (C=O) groups excluding carboxylic acids is 1. The molecule has 1 amide bonds. The molecule has 1 aromatic carbocycles. The van der Waals surface area contributed by atoms with Gasteiger partial charge >= 0.3 is 0 Å². The summed E-state index contributed by atoms with van der Waals surface area (Å²) in [5.74, 6) is 0.106. The summed E-state index contributed by atoms with van der Waals surface area (Å²) in [6.07, 6.45) is 0. The van der Waals surface area contributed by atoms with Gasteiger partial charge in [0, 0.05) is 13.1 Å². The van der Waals surface area contributed by atoms with Crippen LogP contribution in [-0.2, 0) is 11.3 Å². The number of rotatable bonds is 6. The van der Waals surface area contributed by atoms with E-state index in [0.29, 0.717) is 23.5 Å². The Kier molecular flexibility index (Phi) is 6.29. The van der Waals surface area contributed by atoms with Crippen LogP contribution in [0.4, 0.5) is 4.39 Å². The van der Waals surface area contributed by atoms with E-state index in [2.05, 4.69) is 26.6 Å². The average molecular weight is 317 g/mol. The Hall–Kier alpha value is -0.940. The summed E-state index contributed by atoms with van der Waals surface area (Å²) >= 11 is 3.10. The largest absolute Gasteiger partial charge is 0.355 e. The van der Waals surface area contributed by atoms with E-state index in [0.717, 1.165) is 5.56 Å². The minimum Gasteiger partial charge on any atom is -0.355 e. The van der Waals surface area contributed by atoms with Gasteiger partial charge in [-0.3, -0.25) is 4.79 Å². The lowest BCUT2D eigenvalue weighted by Gasteiger charge is -2.08. The molecule has 0 fully saturated rings. The highest BCUT2D eigenvalue weighted by Gasteiger charge is 2.03. The number of benzene rings is 1. The highest BCUT2D eigenvalue weighted by atomic mass is 79.9. The quantitative estimate of drug-likeness (QED) is 0.846. The lowest BCUT2D eigenvalue weighted by molar-refractivity contribution is -0.120. The Morgan fingerprint density at radius 3 is 2.78 bits per heavy atom. The van der Waals surface area contributed by atoms with E-state index in [4.69, 9.17) is 0 Å². The van der Waals surface area contributed by atoms with E-state index >= 15 is 0 Å². The Bertz CT molecular complexity index is 410. The number of hydrogen-bond acceptors (Lipinski definition) is 2. The molecule has 0 saturated carbocycles. The second-order valence-corrected chi connectivity index (χ2v) is 5.40. The third kappa shape index (κ3) is 5.60. The van der Waals surface area contributed by atoms with Crippen LogP contribution in [0, 0.1) is 11.7 Å². The summed E-state index contributed by atoms with van der Waals surface area (Å²) < 4.78 is 13.7. The molecule has 100 valence electrons. The molecule has 18 heavy (non-hydrogen) atoms. The van der Waals surface area contributed by atoms with Gasteiger partial charge in [0.2, 0.25) is 5.91 Å². The number of halogens is 2. The van der Waals surface area contributed by atoms with Gasteiger partial charge in [-0.1, -0.05) is 19.9 Å². The maximum Gasteiger partial charge on any atom is 0.233 e. The van der Waals surface area contributed by atoms with E-state index in [9.17, 15) is 9.18 Å². The summed E-state index contributed by atoms with van der Waals surface area (Å²) in [5, 5.41) is 5.78. The normalized spacial score (nSPS) is 10.7. The molecule has 1 aromatic rings. The Labute approximate surface area is 115 Å². The van der Waals surface area contributed by atoms with Gasteiger partial charge in [0.1, 0.15) is 5.82 Å². The fraction of sp³-hybridized carbons (Fsp3) is 0.462. The van der Waals surface area contributed by atoms with E-state index < -0.39 is 0 Å². The van der Waals surface area contributed by atoms with Crippen molar-refractivity contribution in [2.75, 3.05) is 13.1 Å². The third-order valence-electron chi connectivity index (χ3n) is 2.31. The van der Waals surface area contributed by atoms with Crippen LogP contribution >= 0.6 is 15.9 Å². The van der Waals surface area contributed by atoms with Crippen molar-refractivity contribution in [3.63, 3.8) is 0 Å². The zero-order valence-corrected chi connectivity index (χ0v) is 12.2. The van der Waals surface area contributed by atoms with Gasteiger partial charge in [0.15, 0.2) is 0 Å². The summed E-state index contributed by atoms with van der Waals surface area (Å²) in [6, 6.07) is 4.92. The van der Waals surface area contributed by atoms with Crippen molar-refractivity contribution in [2.24, 2.45) is 5.92 Å². The molecule has 3 nitrogen and oxygen atoms in total. The molecular weight excluding hydrogens is 299 g/mol. The zero-order chi connectivity index (χ0) is 13.5. The molecule has 0 aromatic heterocycles. The molecule has 0 spiro atoms. The predicted octanol–water partition coefficient (Wildman–Crippen LogP) is 2.45. The first kappa shape index (κ1) is 15.1. The van der Waals surface area contributed by atoms with Crippen molar-refractivity contribution in [2.45, 2.75) is 20.4 Å². The van der Waals surface area contributed by atoms with Gasteiger partial charge in [0.25, 0.3) is 0 Å². The minimum atomic E-state index is -0.293. The Morgan fingerprint density at radius 2 is 2.17 bits per heavy atom. The van der Waals surface area contributed by atoms with E-state index in [1.165, 1.54) is 6.07 Å². The number of carbonyl (C=O) groups is 1. The molecule has 0 unspecified atom stereocenters. The maximum atomic E-state index is 13.2. The molecule has 1 rings (SSSR count). The molecule has 0 radical (unpaired) electrons. The van der Waals surface area contributed by atoms with Gasteiger partial charge in [-0.25, -0.2) is 4.39 Å². The minimum absolute atomic E-state index is 0.0405. The molecule has 0 heterocycles. The summed E-state index contributed by atoms with van der Waals surface area (Å²) in [7, 11) is 0. The topological polar surface area (TPSA) is 41.1 Å². The Morgan fingerprint density at radius 1 is 1.44 bits per heavy atom. The fourth-order valence-electron chi connectivity index (χ4n) is 1.35. The maximum absolute atomic E-state index is 13.2. The number of hydrogen-bond donors (Lipinski definition) is 2. The first-order valence-electron chi connectivity index (χ1n) is 5.90. The first-order valence-corrected chi connectivity index (χ1v) is 6.69. The monoisotopic (exact) mass is 316 g/mol. The second kappa shape index (κ2) is 7.48. The molecule has 0 atom stereocenters. The van der Waals surface area contributed by atoms with Crippen LogP contribution in [0.3, 0.4) is 0 Å². The van der Waals surface area contributed by atoms with E-state index in [1.807, 2.05) is 19.9 Å². The van der Waals surface area contributed by atoms with E-state index in [1.54, 1.807) is 6.07 Å². The molecule has 5 heteroatoms.